The molecule has 0 aliphatic rings. The van der Waals surface area contributed by atoms with Crippen molar-refractivity contribution < 1.29 is 9.53 Å². The number of rotatable bonds is 2. The number of halogens is 2. The molecule has 2 heterocycles. The first-order valence-corrected chi connectivity index (χ1v) is 8.50. The van der Waals surface area contributed by atoms with E-state index < -0.39 is 0 Å². The highest BCUT2D eigenvalue weighted by Crippen LogP contribution is 2.30. The van der Waals surface area contributed by atoms with Gasteiger partial charge in [0.05, 0.1) is 0 Å². The lowest BCUT2D eigenvalue weighted by molar-refractivity contribution is -0.782. The average Bonchev–Trinajstić information content (AvgIpc) is 2.98. The van der Waals surface area contributed by atoms with Gasteiger partial charge >= 0.3 is 0 Å². The van der Waals surface area contributed by atoms with Crippen LogP contribution in [0.4, 0.5) is 0 Å². The molecule has 0 spiro atoms. The number of benzene rings is 2. The first-order chi connectivity index (χ1) is 11.6. The Bertz CT molecular complexity index is 1030. The molecule has 4 rings (SSSR count). The lowest BCUT2D eigenvalue weighted by atomic mass is 10.1. The number of hydrogen-bond acceptors (Lipinski definition) is 5. The Morgan fingerprint density at radius 3 is 1.88 bits per heavy atom. The summed E-state index contributed by atoms with van der Waals surface area (Å²) in [6.07, 6.45) is 0. The van der Waals surface area contributed by atoms with Crippen LogP contribution in [0.1, 0.15) is 0 Å². The van der Waals surface area contributed by atoms with Crippen LogP contribution in [0, 0.1) is 5.21 Å². The molecule has 0 bridgehead atoms. The minimum absolute atomic E-state index is 0.255. The number of aromatic nitrogens is 4. The fourth-order valence-electron chi connectivity index (χ4n) is 2.40. The van der Waals surface area contributed by atoms with Gasteiger partial charge in [-0.05, 0) is 29.2 Å². The number of nitrogens with zero attached hydrogens (tertiary/aromatic N) is 4. The average molecular weight is 448 g/mol. The first kappa shape index (κ1) is 15.2. The highest BCUT2D eigenvalue weighted by Gasteiger charge is 2.23. The molecule has 0 aliphatic carbocycles. The summed E-state index contributed by atoms with van der Waals surface area (Å²) in [5.41, 5.74) is 3.11. The summed E-state index contributed by atoms with van der Waals surface area (Å²) >= 11 is 6.78. The van der Waals surface area contributed by atoms with Crippen molar-refractivity contribution in [1.82, 2.24) is 15.4 Å². The maximum absolute atomic E-state index is 12.1. The Labute approximate surface area is 152 Å². The fourth-order valence-corrected chi connectivity index (χ4v) is 2.93. The summed E-state index contributed by atoms with van der Waals surface area (Å²) in [4.78, 5) is 0.365. The molecule has 2 aromatic carbocycles. The molecule has 0 radical (unpaired) electrons. The van der Waals surface area contributed by atoms with Gasteiger partial charge in [0.15, 0.2) is 5.69 Å². The Morgan fingerprint density at radius 1 is 0.792 bits per heavy atom. The number of fused-ring (bicyclic) bond motifs is 1. The Kier molecular flexibility index (Phi) is 3.78. The van der Waals surface area contributed by atoms with E-state index in [0.717, 1.165) is 20.1 Å². The van der Waals surface area contributed by atoms with Crippen LogP contribution in [0.25, 0.3) is 33.5 Å². The van der Waals surface area contributed by atoms with Crippen LogP contribution in [0.2, 0.25) is 0 Å². The lowest BCUT2D eigenvalue weighted by Crippen LogP contribution is -2.23. The highest BCUT2D eigenvalue weighted by atomic mass is 79.9. The fraction of sp³-hybridized carbons (Fsp3) is 0. The van der Waals surface area contributed by atoms with Gasteiger partial charge in [-0.1, -0.05) is 56.1 Å². The van der Waals surface area contributed by atoms with Gasteiger partial charge in [-0.3, -0.25) is 4.63 Å². The monoisotopic (exact) mass is 446 g/mol. The van der Waals surface area contributed by atoms with Gasteiger partial charge in [0.2, 0.25) is 0 Å². The molecule has 0 unspecified atom stereocenters. The van der Waals surface area contributed by atoms with Crippen molar-refractivity contribution >= 4 is 42.9 Å². The quantitative estimate of drug-likeness (QED) is 0.432. The minimum atomic E-state index is 0.255. The normalized spacial score (nSPS) is 11.1. The third-order valence-corrected chi connectivity index (χ3v) is 4.60. The molecule has 0 amide bonds. The van der Waals surface area contributed by atoms with E-state index >= 15 is 0 Å². The lowest BCUT2D eigenvalue weighted by Gasteiger charge is -2.03. The van der Waals surface area contributed by atoms with E-state index in [4.69, 9.17) is 4.63 Å². The first-order valence-electron chi connectivity index (χ1n) is 6.91. The Balaban J connectivity index is 1.96. The second kappa shape index (κ2) is 5.95. The van der Waals surface area contributed by atoms with Gasteiger partial charge in [-0.15, -0.1) is 10.2 Å². The van der Waals surface area contributed by atoms with Crippen molar-refractivity contribution in [3.8, 4) is 22.5 Å². The van der Waals surface area contributed by atoms with E-state index in [0.29, 0.717) is 21.8 Å². The zero-order valence-electron chi connectivity index (χ0n) is 12.0. The summed E-state index contributed by atoms with van der Waals surface area (Å²) in [5.74, 6) is 0. The standard InChI is InChI=1S/C16H8Br2N4O2/c17-11-5-1-9(2-6-11)13-15-16(22(23)24-21-15)14(20-19-13)10-3-7-12(18)8-4-10/h1-8H. The Hall–Kier alpha value is -2.32. The molecule has 6 nitrogen and oxygen atoms in total. The summed E-state index contributed by atoms with van der Waals surface area (Å²) in [6, 6.07) is 14.9. The molecule has 4 aromatic rings. The van der Waals surface area contributed by atoms with E-state index in [9.17, 15) is 5.21 Å². The van der Waals surface area contributed by atoms with Crippen LogP contribution >= 0.6 is 31.9 Å². The van der Waals surface area contributed by atoms with E-state index in [-0.39, 0.29) is 5.52 Å². The van der Waals surface area contributed by atoms with Gasteiger partial charge in [-0.25, -0.2) is 0 Å². The smallest absolute Gasteiger partial charge is 0.278 e. The van der Waals surface area contributed by atoms with Gasteiger partial charge in [0.1, 0.15) is 5.69 Å². The van der Waals surface area contributed by atoms with Gasteiger partial charge in [-0.2, -0.15) is 0 Å². The van der Waals surface area contributed by atoms with Crippen molar-refractivity contribution in [3.63, 3.8) is 0 Å². The molecule has 8 heteroatoms. The van der Waals surface area contributed by atoms with Gasteiger partial charge in [0.25, 0.3) is 11.0 Å². The predicted molar refractivity (Wildman–Crippen MR) is 94.8 cm³/mol. The molecule has 118 valence electrons. The van der Waals surface area contributed by atoms with E-state index in [1.54, 1.807) is 0 Å². The third kappa shape index (κ3) is 2.57. The van der Waals surface area contributed by atoms with Crippen molar-refractivity contribution in [3.05, 3.63) is 62.7 Å². The molecule has 0 atom stereocenters. The second-order valence-electron chi connectivity index (χ2n) is 5.04. The largest absolute Gasteiger partial charge is 0.359 e. The summed E-state index contributed by atoms with van der Waals surface area (Å²) < 4.78 is 6.68. The van der Waals surface area contributed by atoms with Crippen molar-refractivity contribution in [2.75, 3.05) is 0 Å². The van der Waals surface area contributed by atoms with Crippen LogP contribution in [-0.4, -0.2) is 15.4 Å². The summed E-state index contributed by atoms with van der Waals surface area (Å²) in [5, 5.41) is 24.5. The molecule has 0 saturated carbocycles. The van der Waals surface area contributed by atoms with Crippen LogP contribution in [0.15, 0.2) is 62.1 Å². The molecular weight excluding hydrogens is 440 g/mol. The van der Waals surface area contributed by atoms with Crippen molar-refractivity contribution in [2.45, 2.75) is 0 Å². The SMILES string of the molecule is [O-][n+]1onc2c(-c3ccc(Br)cc3)nnc(-c3ccc(Br)cc3)c21. The van der Waals surface area contributed by atoms with Gasteiger partial charge in [0, 0.05) is 25.2 Å². The zero-order valence-corrected chi connectivity index (χ0v) is 15.2. The summed E-state index contributed by atoms with van der Waals surface area (Å²) in [6.45, 7) is 0. The van der Waals surface area contributed by atoms with E-state index in [1.807, 2.05) is 48.5 Å². The molecular formula is C16H8Br2N4O2. The molecule has 0 fully saturated rings. The maximum Gasteiger partial charge on any atom is 0.278 e. The van der Waals surface area contributed by atoms with Crippen LogP contribution < -0.4 is 4.90 Å². The molecule has 24 heavy (non-hydrogen) atoms. The highest BCUT2D eigenvalue weighted by molar-refractivity contribution is 9.10. The maximum atomic E-state index is 12.1. The minimum Gasteiger partial charge on any atom is -0.359 e. The third-order valence-electron chi connectivity index (χ3n) is 3.55. The predicted octanol–water partition coefficient (Wildman–Crippen LogP) is 4.11. The van der Waals surface area contributed by atoms with E-state index in [2.05, 4.69) is 47.2 Å². The molecule has 0 N–H and O–H groups in total. The second-order valence-corrected chi connectivity index (χ2v) is 6.87. The summed E-state index contributed by atoms with van der Waals surface area (Å²) in [7, 11) is 0. The van der Waals surface area contributed by atoms with Crippen LogP contribution in [0.5, 0.6) is 0 Å². The van der Waals surface area contributed by atoms with Crippen LogP contribution in [-0.2, 0) is 0 Å². The van der Waals surface area contributed by atoms with Crippen molar-refractivity contribution in [1.29, 1.82) is 0 Å². The molecule has 0 aliphatic heterocycles. The van der Waals surface area contributed by atoms with E-state index in [1.165, 1.54) is 0 Å². The molecule has 0 saturated heterocycles. The molecule has 2 aromatic heterocycles. The Morgan fingerprint density at radius 2 is 1.29 bits per heavy atom. The van der Waals surface area contributed by atoms with Gasteiger partial charge < -0.3 is 5.21 Å². The number of hydrogen-bond donors (Lipinski definition) is 0. The van der Waals surface area contributed by atoms with Crippen LogP contribution in [0.3, 0.4) is 0 Å². The topological polar surface area (TPSA) is 78.8 Å². The van der Waals surface area contributed by atoms with Crippen molar-refractivity contribution in [2.24, 2.45) is 0 Å². The zero-order chi connectivity index (χ0) is 16.7.